The molecule has 0 aromatic heterocycles. The molecule has 5 saturated heterocycles. The van der Waals surface area contributed by atoms with Gasteiger partial charge in [0, 0.05) is 66.1 Å². The summed E-state index contributed by atoms with van der Waals surface area (Å²) in [5.41, 5.74) is 12.3. The fourth-order valence-corrected chi connectivity index (χ4v) is 9.55. The molecule has 9 nitrogen and oxygen atoms in total. The van der Waals surface area contributed by atoms with Crippen LogP contribution in [0.4, 0.5) is 0 Å². The number of rotatable bonds is 2. The van der Waals surface area contributed by atoms with E-state index in [-0.39, 0.29) is 120 Å². The van der Waals surface area contributed by atoms with Gasteiger partial charge in [0.2, 0.25) is 0 Å². The number of benzene rings is 4. The molecule has 0 aliphatic carbocycles. The van der Waals surface area contributed by atoms with Gasteiger partial charge < -0.3 is 44.1 Å². The molecule has 0 N–H and O–H groups in total. The SMILES string of the molecule is C1CCOC1.C1CCOC1.C1CCOC1.C1CCOC1.C1CCOC1.Cc1cc(C(C)(C)C)c([O-])c(-c2c(C)c(C)cc(C(C)(C)C)c2[O-])c1C.Cc1cc(C(C)(C)C)c([O-])c(-c2c(C)c(C)cc(C(C)(C)C)c2[O-])c1C.[Li+].[Li+].[Li+].[Li+]. The van der Waals surface area contributed by atoms with E-state index in [0.717, 1.165) is 133 Å². The standard InChI is InChI=1S/2C24H34O2.5C4H8O.4Li/c2*1-13-11-17(23(5,6)7)21(25)19(15(13)3)20-16(4)14(2)12-18(22(20)26)24(8,9)10;5*1-2-4-5-3-1;;;;/h2*11-12,25-26H,1-10H3;5*1-4H2;;;;/q;;;;;;;4*+1/p-4. The van der Waals surface area contributed by atoms with Crippen LogP contribution < -0.4 is 95.9 Å². The summed E-state index contributed by atoms with van der Waals surface area (Å²) >= 11 is 0. The van der Waals surface area contributed by atoms with E-state index in [1.165, 1.54) is 64.2 Å². The topological polar surface area (TPSA) is 138 Å². The molecule has 0 radical (unpaired) electrons. The zero-order chi connectivity index (χ0) is 58.1. The molecule has 5 fully saturated rings. The van der Waals surface area contributed by atoms with E-state index in [9.17, 15) is 20.4 Å². The molecule has 4 aromatic rings. The molecule has 0 spiro atoms. The second kappa shape index (κ2) is 37.7. The molecular formula is C68H104Li4O9. The van der Waals surface area contributed by atoms with Gasteiger partial charge >= 0.3 is 75.4 Å². The van der Waals surface area contributed by atoms with Gasteiger partial charge in [0.15, 0.2) is 0 Å². The summed E-state index contributed by atoms with van der Waals surface area (Å²) in [5.74, 6) is -0.0324. The smallest absolute Gasteiger partial charge is 0.872 e. The molecular weight excluding hydrogens is 989 g/mol. The molecule has 0 unspecified atom stereocenters. The van der Waals surface area contributed by atoms with Crippen LogP contribution >= 0.6 is 0 Å². The summed E-state index contributed by atoms with van der Waals surface area (Å²) in [5, 5.41) is 53.7. The zero-order valence-electron chi connectivity index (χ0n) is 56.1. The van der Waals surface area contributed by atoms with Crippen molar-refractivity contribution >= 4 is 0 Å². The van der Waals surface area contributed by atoms with Crippen molar-refractivity contribution in [3.05, 3.63) is 91.0 Å². The number of aryl methyl sites for hydroxylation is 4. The predicted octanol–water partition coefficient (Wildman–Crippen LogP) is 2.66. The second-order valence-corrected chi connectivity index (χ2v) is 25.9. The van der Waals surface area contributed by atoms with Crippen molar-refractivity contribution in [1.82, 2.24) is 0 Å². The Labute approximate surface area is 542 Å². The van der Waals surface area contributed by atoms with Crippen LogP contribution in [0, 0.1) is 55.4 Å². The first kappa shape index (κ1) is 81.3. The van der Waals surface area contributed by atoms with Gasteiger partial charge in [0.05, 0.1) is 0 Å². The maximum Gasteiger partial charge on any atom is 1.00 e. The molecule has 13 heteroatoms. The Morgan fingerprint density at radius 2 is 0.383 bits per heavy atom. The fraction of sp³-hybridized carbons (Fsp3) is 0.647. The van der Waals surface area contributed by atoms with Gasteiger partial charge in [-0.1, -0.05) is 130 Å². The van der Waals surface area contributed by atoms with Crippen LogP contribution in [0.1, 0.15) is 214 Å². The maximum atomic E-state index is 13.4. The molecule has 9 rings (SSSR count). The molecule has 0 bridgehead atoms. The number of ether oxygens (including phenoxy) is 5. The number of hydrogen-bond donors (Lipinski definition) is 0. The van der Waals surface area contributed by atoms with E-state index in [4.69, 9.17) is 23.7 Å². The van der Waals surface area contributed by atoms with Gasteiger partial charge in [-0.3, -0.25) is 0 Å². The Hall–Kier alpha value is -1.73. The van der Waals surface area contributed by atoms with Crippen molar-refractivity contribution in [3.8, 4) is 45.3 Å². The van der Waals surface area contributed by atoms with Crippen LogP contribution in [-0.4, -0.2) is 66.1 Å². The first-order valence-electron chi connectivity index (χ1n) is 29.0. The van der Waals surface area contributed by atoms with Crippen LogP contribution in [0.3, 0.4) is 0 Å². The fourth-order valence-electron chi connectivity index (χ4n) is 9.55. The monoisotopic (exact) mass is 1090 g/mol. The Morgan fingerprint density at radius 3 is 0.469 bits per heavy atom. The minimum Gasteiger partial charge on any atom is -0.872 e. The van der Waals surface area contributed by atoms with Crippen LogP contribution in [0.2, 0.25) is 0 Å². The van der Waals surface area contributed by atoms with E-state index < -0.39 is 0 Å². The zero-order valence-corrected chi connectivity index (χ0v) is 56.1. The number of hydrogen-bond acceptors (Lipinski definition) is 9. The largest absolute Gasteiger partial charge is 1.00 e. The van der Waals surface area contributed by atoms with Gasteiger partial charge in [-0.2, -0.15) is 0 Å². The maximum absolute atomic E-state index is 13.4. The van der Waals surface area contributed by atoms with Gasteiger partial charge in [-0.15, -0.1) is 0 Å². The van der Waals surface area contributed by atoms with Gasteiger partial charge in [0.1, 0.15) is 0 Å². The third kappa shape index (κ3) is 24.9. The summed E-state index contributed by atoms with van der Waals surface area (Å²) < 4.78 is 24.7. The third-order valence-electron chi connectivity index (χ3n) is 15.1. The van der Waals surface area contributed by atoms with E-state index in [1.54, 1.807) is 0 Å². The van der Waals surface area contributed by atoms with E-state index in [0.29, 0.717) is 22.3 Å². The van der Waals surface area contributed by atoms with E-state index >= 15 is 0 Å². The molecule has 0 saturated carbocycles. The molecule has 5 heterocycles. The average molecular weight is 1090 g/mol. The third-order valence-corrected chi connectivity index (χ3v) is 15.1. The van der Waals surface area contributed by atoms with Crippen molar-refractivity contribution in [2.75, 3.05) is 66.1 Å². The molecule has 434 valence electrons. The molecule has 0 atom stereocenters. The Bertz CT molecular complexity index is 2080. The minimum atomic E-state index is -0.266. The predicted molar refractivity (Wildman–Crippen MR) is 315 cm³/mol. The second-order valence-electron chi connectivity index (χ2n) is 25.9. The normalized spacial score (nSPS) is 15.5. The Kier molecular flexibility index (Phi) is 37.9. The molecule has 5 aliphatic heterocycles. The van der Waals surface area contributed by atoms with Crippen LogP contribution in [0.15, 0.2) is 24.3 Å². The first-order chi connectivity index (χ1) is 35.8. The van der Waals surface area contributed by atoms with Crippen molar-refractivity contribution < 1.29 is 120 Å². The summed E-state index contributed by atoms with van der Waals surface area (Å²) in [4.78, 5) is 0. The molecule has 81 heavy (non-hydrogen) atoms. The van der Waals surface area contributed by atoms with E-state index in [2.05, 4.69) is 0 Å². The van der Waals surface area contributed by atoms with Gasteiger partial charge in [0.25, 0.3) is 0 Å². The van der Waals surface area contributed by atoms with Crippen LogP contribution in [-0.2, 0) is 45.3 Å². The average Bonchev–Trinajstić information content (AvgIpc) is 4.20. The first-order valence-corrected chi connectivity index (χ1v) is 29.0. The van der Waals surface area contributed by atoms with Crippen molar-refractivity contribution in [1.29, 1.82) is 0 Å². The molecule has 5 aliphatic rings. The van der Waals surface area contributed by atoms with Crippen LogP contribution in [0.25, 0.3) is 22.3 Å². The van der Waals surface area contributed by atoms with E-state index in [1.807, 2.05) is 163 Å². The summed E-state index contributed by atoms with van der Waals surface area (Å²) in [7, 11) is 0. The summed E-state index contributed by atoms with van der Waals surface area (Å²) in [6, 6.07) is 7.95. The van der Waals surface area contributed by atoms with Crippen molar-refractivity contribution in [2.24, 2.45) is 0 Å². The van der Waals surface area contributed by atoms with Crippen LogP contribution in [0.5, 0.6) is 23.0 Å². The van der Waals surface area contributed by atoms with Gasteiger partial charge in [-0.05, 0) is 230 Å². The minimum absolute atomic E-state index is 0. The Morgan fingerprint density at radius 1 is 0.259 bits per heavy atom. The molecule has 0 amide bonds. The summed E-state index contributed by atoms with van der Waals surface area (Å²) in [6.07, 6.45) is 12.8. The Balaban J connectivity index is 0. The van der Waals surface area contributed by atoms with Crippen molar-refractivity contribution in [2.45, 2.75) is 224 Å². The quantitative estimate of drug-likeness (QED) is 0.278. The summed E-state index contributed by atoms with van der Waals surface area (Å²) in [6.45, 7) is 50.5. The molecule has 4 aromatic carbocycles. The van der Waals surface area contributed by atoms with Crippen molar-refractivity contribution in [3.63, 3.8) is 0 Å². The van der Waals surface area contributed by atoms with Gasteiger partial charge in [-0.25, -0.2) is 0 Å².